The molecule has 0 heterocycles. The van der Waals surface area contributed by atoms with Crippen molar-refractivity contribution in [3.8, 4) is 0 Å². The number of benzene rings is 2. The zero-order valence-electron chi connectivity index (χ0n) is 20.1. The van der Waals surface area contributed by atoms with E-state index in [9.17, 15) is 13.2 Å². The van der Waals surface area contributed by atoms with Gasteiger partial charge >= 0.3 is 6.18 Å². The number of nitrogens with zero attached hydrogens (tertiary/aromatic N) is 1. The van der Waals surface area contributed by atoms with E-state index in [0.717, 1.165) is 26.2 Å². The van der Waals surface area contributed by atoms with Crippen LogP contribution in [-0.4, -0.2) is 30.1 Å². The van der Waals surface area contributed by atoms with Gasteiger partial charge in [-0.2, -0.15) is 13.2 Å². The van der Waals surface area contributed by atoms with Gasteiger partial charge in [0.05, 0.1) is 6.54 Å². The van der Waals surface area contributed by atoms with Crippen molar-refractivity contribution in [3.05, 3.63) is 70.8 Å². The minimum atomic E-state index is -5.19. The molecule has 0 fully saturated rings. The van der Waals surface area contributed by atoms with Crippen molar-refractivity contribution in [1.82, 2.24) is 4.90 Å². The number of aliphatic carboxylic acids is 1. The molecule has 4 nitrogen and oxygen atoms in total. The van der Waals surface area contributed by atoms with E-state index in [1.807, 2.05) is 0 Å². The highest BCUT2D eigenvalue weighted by Crippen LogP contribution is 2.19. The third kappa shape index (κ3) is 11.3. The summed E-state index contributed by atoms with van der Waals surface area (Å²) in [4.78, 5) is 11.4. The molecule has 0 aliphatic rings. The molecule has 0 saturated carbocycles. The summed E-state index contributed by atoms with van der Waals surface area (Å²) < 4.78 is 31.5. The van der Waals surface area contributed by atoms with Gasteiger partial charge in [0.2, 0.25) is 0 Å². The van der Waals surface area contributed by atoms with Gasteiger partial charge in [0, 0.05) is 13.1 Å². The maximum absolute atomic E-state index is 10.5. The van der Waals surface area contributed by atoms with Crippen LogP contribution in [0.3, 0.4) is 0 Å². The first-order valence-corrected chi connectivity index (χ1v) is 11.4. The molecule has 0 radical (unpaired) electrons. The molecule has 33 heavy (non-hydrogen) atoms. The van der Waals surface area contributed by atoms with Gasteiger partial charge in [0.1, 0.15) is 5.97 Å². The minimum Gasteiger partial charge on any atom is -0.542 e. The van der Waals surface area contributed by atoms with E-state index in [2.05, 4.69) is 86.9 Å². The molecule has 0 atom stereocenters. The molecule has 0 saturated heterocycles. The molecule has 0 aromatic heterocycles. The second kappa shape index (κ2) is 14.0. The van der Waals surface area contributed by atoms with Crippen LogP contribution in [0.5, 0.6) is 0 Å². The monoisotopic (exact) mass is 466 g/mol. The van der Waals surface area contributed by atoms with Crippen molar-refractivity contribution in [3.63, 3.8) is 0 Å². The fraction of sp³-hybridized carbons (Fsp3) is 0.500. The Morgan fingerprint density at radius 3 is 1.48 bits per heavy atom. The van der Waals surface area contributed by atoms with Crippen LogP contribution < -0.4 is 10.8 Å². The first kappa shape index (κ1) is 28.7. The average molecular weight is 467 g/mol. The lowest BCUT2D eigenvalue weighted by Gasteiger charge is -2.23. The summed E-state index contributed by atoms with van der Waals surface area (Å²) in [7, 11) is 0. The number of carboxylic acid groups (broad SMARTS) is 1. The maximum atomic E-state index is 10.5. The van der Waals surface area contributed by atoms with Crippen molar-refractivity contribution in [2.45, 2.75) is 71.6 Å². The van der Waals surface area contributed by atoms with Gasteiger partial charge < -0.3 is 15.6 Å². The standard InChI is InChI=1S/C24H36N2.C2HF3O2/c1-19(2)23-11-7-21(8-12-23)17-26(16-6-5-15-25)18-22-9-13-24(14-10-22)20(3)4;3-2(4,5)1(6)7/h7-14,19-20H,5-6,15-18,25H2,1-4H3;(H,6,7). The highest BCUT2D eigenvalue weighted by molar-refractivity contribution is 5.70. The van der Waals surface area contributed by atoms with E-state index < -0.39 is 12.1 Å². The lowest BCUT2D eigenvalue weighted by atomic mass is 10.0. The van der Waals surface area contributed by atoms with Crippen molar-refractivity contribution in [1.29, 1.82) is 0 Å². The molecule has 0 aliphatic heterocycles. The number of unbranched alkanes of at least 4 members (excludes halogenated alkanes) is 1. The van der Waals surface area contributed by atoms with Crippen LogP contribution in [0.25, 0.3) is 0 Å². The number of alkyl halides is 3. The maximum Gasteiger partial charge on any atom is 0.430 e. The molecular formula is C26H37F3N2O2. The topological polar surface area (TPSA) is 71.0 Å². The molecule has 7 heteroatoms. The first-order chi connectivity index (χ1) is 15.4. The second-order valence-electron chi connectivity index (χ2n) is 8.85. The van der Waals surface area contributed by atoms with E-state index in [4.69, 9.17) is 9.90 Å². The van der Waals surface area contributed by atoms with Gasteiger partial charge in [-0.3, -0.25) is 4.90 Å². The number of carbonyl (C=O) groups excluding carboxylic acids is 1. The van der Waals surface area contributed by atoms with Crippen LogP contribution in [0.15, 0.2) is 48.5 Å². The van der Waals surface area contributed by atoms with Crippen LogP contribution in [-0.2, 0) is 17.9 Å². The summed E-state index contributed by atoms with van der Waals surface area (Å²) in [6.45, 7) is 13.2. The Balaban J connectivity index is 0.000000675. The predicted octanol–water partition coefficient (Wildman–Crippen LogP) is 4.26. The lowest BCUT2D eigenvalue weighted by molar-refractivity contribution is -0.368. The highest BCUT2D eigenvalue weighted by atomic mass is 19.4. The lowest BCUT2D eigenvalue weighted by Crippen LogP contribution is -2.50. The summed E-state index contributed by atoms with van der Waals surface area (Å²) in [5, 5.41) is 8.78. The largest absolute Gasteiger partial charge is 0.542 e. The Labute approximate surface area is 195 Å². The Bertz CT molecular complexity index is 763. The van der Waals surface area contributed by atoms with E-state index in [1.54, 1.807) is 0 Å². The summed E-state index contributed by atoms with van der Waals surface area (Å²) in [6, 6.07) is 18.3. The zero-order chi connectivity index (χ0) is 25.0. The fourth-order valence-electron chi connectivity index (χ4n) is 3.26. The summed E-state index contributed by atoms with van der Waals surface area (Å²) in [5.74, 6) is -1.82. The summed E-state index contributed by atoms with van der Waals surface area (Å²) in [6.07, 6.45) is -2.77. The number of hydrogen-bond acceptors (Lipinski definition) is 3. The molecule has 0 aliphatic carbocycles. The number of rotatable bonds is 10. The van der Waals surface area contributed by atoms with Crippen molar-refractivity contribution in [2.24, 2.45) is 0 Å². The number of quaternary nitrogens is 1. The average Bonchev–Trinajstić information content (AvgIpc) is 2.74. The van der Waals surface area contributed by atoms with Crippen LogP contribution >= 0.6 is 0 Å². The molecule has 184 valence electrons. The van der Waals surface area contributed by atoms with Crippen LogP contribution in [0, 0.1) is 0 Å². The molecular weight excluding hydrogens is 429 g/mol. The van der Waals surface area contributed by atoms with Gasteiger partial charge in [0.25, 0.3) is 0 Å². The van der Waals surface area contributed by atoms with Gasteiger partial charge in [-0.1, -0.05) is 76.2 Å². The van der Waals surface area contributed by atoms with Gasteiger partial charge in [0.15, 0.2) is 0 Å². The van der Waals surface area contributed by atoms with Crippen molar-refractivity contribution >= 4 is 5.97 Å². The highest BCUT2D eigenvalue weighted by Gasteiger charge is 2.28. The Morgan fingerprint density at radius 1 is 0.848 bits per heavy atom. The van der Waals surface area contributed by atoms with Crippen LogP contribution in [0.1, 0.15) is 74.6 Å². The first-order valence-electron chi connectivity index (χ1n) is 11.4. The molecule has 2 rings (SSSR count). The van der Waals surface area contributed by atoms with E-state index >= 15 is 0 Å². The number of carbonyl (C=O) groups is 1. The van der Waals surface area contributed by atoms with Crippen LogP contribution in [0.4, 0.5) is 13.2 Å². The predicted molar refractivity (Wildman–Crippen MR) is 123 cm³/mol. The number of hydrogen-bond donors (Lipinski definition) is 1. The van der Waals surface area contributed by atoms with Crippen molar-refractivity contribution in [2.75, 3.05) is 13.1 Å². The Morgan fingerprint density at radius 2 is 1.21 bits per heavy atom. The van der Waals surface area contributed by atoms with E-state index in [0.29, 0.717) is 11.8 Å². The summed E-state index contributed by atoms with van der Waals surface area (Å²) >= 11 is 0. The third-order valence-electron chi connectivity index (χ3n) is 5.31. The molecule has 0 bridgehead atoms. The molecule has 2 aromatic rings. The molecule has 3 N–H and O–H groups in total. The van der Waals surface area contributed by atoms with E-state index in [1.165, 1.54) is 35.1 Å². The third-order valence-corrected chi connectivity index (χ3v) is 5.31. The zero-order valence-corrected chi connectivity index (χ0v) is 20.1. The normalized spacial score (nSPS) is 11.6. The number of halogens is 3. The molecule has 2 aromatic carbocycles. The molecule has 0 unspecified atom stereocenters. The van der Waals surface area contributed by atoms with Gasteiger partial charge in [-0.25, -0.2) is 0 Å². The quantitative estimate of drug-likeness (QED) is 0.532. The number of carboxylic acids is 1. The van der Waals surface area contributed by atoms with Crippen LogP contribution in [0.2, 0.25) is 0 Å². The minimum absolute atomic E-state index is 0.594. The smallest absolute Gasteiger partial charge is 0.430 e. The van der Waals surface area contributed by atoms with E-state index in [-0.39, 0.29) is 0 Å². The Hall–Kier alpha value is -2.38. The van der Waals surface area contributed by atoms with Gasteiger partial charge in [-0.15, -0.1) is 0 Å². The second-order valence-corrected chi connectivity index (χ2v) is 8.85. The fourth-order valence-corrected chi connectivity index (χ4v) is 3.26. The van der Waals surface area contributed by atoms with Crippen molar-refractivity contribution < 1.29 is 28.8 Å². The Kier molecular flexibility index (Phi) is 12.2. The molecule has 0 spiro atoms. The summed E-state index contributed by atoms with van der Waals surface area (Å²) in [5.41, 5.74) is 9.63. The van der Waals surface area contributed by atoms with Gasteiger partial charge in [-0.05, 0) is 53.5 Å². The molecule has 0 amide bonds. The SMILES string of the molecule is CC(C)c1ccc(CN(CCCC[NH3+])Cc2ccc(C(C)C)cc2)cc1.O=C([O-])C(F)(F)F.